The van der Waals surface area contributed by atoms with Crippen LogP contribution in [0.3, 0.4) is 0 Å². The summed E-state index contributed by atoms with van der Waals surface area (Å²) in [5.74, 6) is -1.45. The van der Waals surface area contributed by atoms with Gasteiger partial charge in [0.2, 0.25) is 0 Å². The number of hydrogen-bond acceptors (Lipinski definition) is 5. The van der Waals surface area contributed by atoms with Gasteiger partial charge in [-0.1, -0.05) is 12.2 Å². The number of aliphatic hydroxyl groups is 2. The summed E-state index contributed by atoms with van der Waals surface area (Å²) in [4.78, 5) is 11.4. The molecule has 90 valence electrons. The molecule has 0 spiro atoms. The monoisotopic (exact) mass is 228 g/mol. The first-order valence-electron chi connectivity index (χ1n) is 5.41. The van der Waals surface area contributed by atoms with Crippen LogP contribution < -0.4 is 0 Å². The number of hydrogen-bond donors (Lipinski definition) is 2. The molecule has 2 aliphatic heterocycles. The number of allylic oxidation sites excluding steroid dienone is 1. The van der Waals surface area contributed by atoms with Crippen LogP contribution in [0.25, 0.3) is 0 Å². The van der Waals surface area contributed by atoms with E-state index in [2.05, 4.69) is 0 Å². The minimum Gasteiger partial charge on any atom is -0.460 e. The molecule has 2 aliphatic rings. The number of rotatable bonds is 3. The van der Waals surface area contributed by atoms with Crippen molar-refractivity contribution in [3.63, 3.8) is 0 Å². The topological polar surface area (TPSA) is 79.3 Å². The Hall–Kier alpha value is -0.910. The number of carbonyl (C=O) groups is 1. The van der Waals surface area contributed by atoms with E-state index in [-0.39, 0.29) is 6.10 Å². The van der Waals surface area contributed by atoms with E-state index >= 15 is 0 Å². The zero-order chi connectivity index (χ0) is 11.9. The summed E-state index contributed by atoms with van der Waals surface area (Å²) < 4.78 is 10.1. The second kappa shape index (κ2) is 4.16. The van der Waals surface area contributed by atoms with Crippen molar-refractivity contribution in [3.05, 3.63) is 12.2 Å². The molecule has 0 saturated carbocycles. The van der Waals surface area contributed by atoms with Gasteiger partial charge in [0.1, 0.15) is 30.3 Å². The summed E-state index contributed by atoms with van der Waals surface area (Å²) in [6, 6.07) is 0. The minimum absolute atomic E-state index is 0.157. The van der Waals surface area contributed by atoms with Crippen LogP contribution in [0.4, 0.5) is 0 Å². The van der Waals surface area contributed by atoms with Gasteiger partial charge in [-0.2, -0.15) is 0 Å². The average molecular weight is 228 g/mol. The molecule has 0 aromatic carbocycles. The molecule has 2 rings (SSSR count). The summed E-state index contributed by atoms with van der Waals surface area (Å²) >= 11 is 0. The van der Waals surface area contributed by atoms with Crippen molar-refractivity contribution in [2.75, 3.05) is 0 Å². The fraction of sp³-hybridized carbons (Fsp3) is 0.727. The molecule has 5 heteroatoms. The van der Waals surface area contributed by atoms with Crippen LogP contribution in [0, 0.1) is 5.92 Å². The van der Waals surface area contributed by atoms with E-state index in [1.807, 2.05) is 19.1 Å². The summed E-state index contributed by atoms with van der Waals surface area (Å²) in [5.41, 5.74) is 0. The summed E-state index contributed by atoms with van der Waals surface area (Å²) in [6.07, 6.45) is 0.537. The quantitative estimate of drug-likeness (QED) is 0.391. The fourth-order valence-corrected chi connectivity index (χ4v) is 2.06. The molecule has 0 amide bonds. The minimum atomic E-state index is -1.01. The Labute approximate surface area is 93.7 Å². The van der Waals surface area contributed by atoms with E-state index < -0.39 is 36.3 Å². The molecule has 0 unspecified atom stereocenters. The molecule has 0 aromatic rings. The summed E-state index contributed by atoms with van der Waals surface area (Å²) in [5, 5.41) is 19.6. The normalized spacial score (nSPS) is 44.8. The lowest BCUT2D eigenvalue weighted by atomic mass is 9.92. The molecule has 0 radical (unpaired) electrons. The van der Waals surface area contributed by atoms with Crippen molar-refractivity contribution in [3.8, 4) is 0 Å². The van der Waals surface area contributed by atoms with Gasteiger partial charge < -0.3 is 19.7 Å². The van der Waals surface area contributed by atoms with E-state index in [0.29, 0.717) is 0 Å². The summed E-state index contributed by atoms with van der Waals surface area (Å²) in [6.45, 7) is 3.46. The fourth-order valence-electron chi connectivity index (χ4n) is 2.06. The molecule has 2 heterocycles. The Kier molecular flexibility index (Phi) is 3.01. The molecule has 0 aliphatic carbocycles. The largest absolute Gasteiger partial charge is 0.460 e. The second-order valence-corrected chi connectivity index (χ2v) is 4.24. The number of esters is 1. The van der Waals surface area contributed by atoms with Crippen molar-refractivity contribution >= 4 is 5.97 Å². The van der Waals surface area contributed by atoms with Gasteiger partial charge >= 0.3 is 5.97 Å². The van der Waals surface area contributed by atoms with Crippen molar-refractivity contribution in [2.24, 2.45) is 5.92 Å². The number of epoxide rings is 1. The molecule has 0 bridgehead atoms. The molecule has 16 heavy (non-hydrogen) atoms. The van der Waals surface area contributed by atoms with Gasteiger partial charge in [0.15, 0.2) is 0 Å². The van der Waals surface area contributed by atoms with Gasteiger partial charge in [0, 0.05) is 0 Å². The molecule has 0 aromatic heterocycles. The van der Waals surface area contributed by atoms with Crippen molar-refractivity contribution < 1.29 is 24.5 Å². The SMILES string of the molecule is C/C=C/[C@H]1O[C@H]1[C@H](O)[C@@H]1C(=O)O[C@@H](C)[C@H]1O. The first-order valence-corrected chi connectivity index (χ1v) is 5.41. The van der Waals surface area contributed by atoms with Crippen LogP contribution in [0.1, 0.15) is 13.8 Å². The lowest BCUT2D eigenvalue weighted by Crippen LogP contribution is -2.38. The van der Waals surface area contributed by atoms with Crippen LogP contribution in [0.5, 0.6) is 0 Å². The smallest absolute Gasteiger partial charge is 0.314 e. The Morgan fingerprint density at radius 2 is 2.19 bits per heavy atom. The van der Waals surface area contributed by atoms with Gasteiger partial charge in [-0.3, -0.25) is 4.79 Å². The molecular formula is C11H16O5. The standard InChI is InChI=1S/C11H16O5/c1-3-4-6-10(16-6)9(13)7-8(12)5(2)15-11(7)14/h3-10,12-13H,1-2H3/b4-3+/t5-,6+,7+,8+,9+,10+/m0/s1. The maximum atomic E-state index is 11.4. The molecule has 6 atom stereocenters. The highest BCUT2D eigenvalue weighted by molar-refractivity contribution is 5.76. The highest BCUT2D eigenvalue weighted by Crippen LogP contribution is 2.35. The first-order chi connectivity index (χ1) is 7.56. The van der Waals surface area contributed by atoms with Gasteiger partial charge in [-0.25, -0.2) is 0 Å². The number of cyclic esters (lactones) is 1. The molecule has 2 fully saturated rings. The molecule has 2 N–H and O–H groups in total. The van der Waals surface area contributed by atoms with E-state index in [1.54, 1.807) is 6.92 Å². The van der Waals surface area contributed by atoms with E-state index in [4.69, 9.17) is 9.47 Å². The molecule has 5 nitrogen and oxygen atoms in total. The maximum absolute atomic E-state index is 11.4. The molecule has 2 saturated heterocycles. The molecular weight excluding hydrogens is 212 g/mol. The summed E-state index contributed by atoms with van der Waals surface area (Å²) in [7, 11) is 0. The number of aliphatic hydroxyl groups excluding tert-OH is 2. The van der Waals surface area contributed by atoms with Crippen molar-refractivity contribution in [1.29, 1.82) is 0 Å². The number of ether oxygens (including phenoxy) is 2. The van der Waals surface area contributed by atoms with Crippen molar-refractivity contribution in [2.45, 2.75) is 44.4 Å². The van der Waals surface area contributed by atoms with Crippen LogP contribution in [0.2, 0.25) is 0 Å². The third-order valence-electron chi connectivity index (χ3n) is 3.07. The number of carbonyl (C=O) groups excluding carboxylic acids is 1. The van der Waals surface area contributed by atoms with E-state index in [1.165, 1.54) is 0 Å². The highest BCUT2D eigenvalue weighted by Gasteiger charge is 2.54. The van der Waals surface area contributed by atoms with Crippen LogP contribution in [-0.2, 0) is 14.3 Å². The Bertz CT molecular complexity index is 313. The Morgan fingerprint density at radius 1 is 1.50 bits per heavy atom. The zero-order valence-corrected chi connectivity index (χ0v) is 9.24. The Morgan fingerprint density at radius 3 is 2.69 bits per heavy atom. The van der Waals surface area contributed by atoms with E-state index in [9.17, 15) is 15.0 Å². The third kappa shape index (κ3) is 1.86. The van der Waals surface area contributed by atoms with Crippen LogP contribution in [-0.4, -0.2) is 46.7 Å². The van der Waals surface area contributed by atoms with Crippen LogP contribution >= 0.6 is 0 Å². The lowest BCUT2D eigenvalue weighted by molar-refractivity contribution is -0.146. The average Bonchev–Trinajstić information content (AvgIpc) is 2.92. The lowest BCUT2D eigenvalue weighted by Gasteiger charge is -2.16. The van der Waals surface area contributed by atoms with Crippen LogP contribution in [0.15, 0.2) is 12.2 Å². The Balaban J connectivity index is 2.00. The first kappa shape index (κ1) is 11.6. The highest BCUT2D eigenvalue weighted by atomic mass is 16.6. The van der Waals surface area contributed by atoms with Gasteiger partial charge in [0.25, 0.3) is 0 Å². The van der Waals surface area contributed by atoms with Crippen molar-refractivity contribution in [1.82, 2.24) is 0 Å². The maximum Gasteiger partial charge on any atom is 0.314 e. The third-order valence-corrected chi connectivity index (χ3v) is 3.07. The van der Waals surface area contributed by atoms with Gasteiger partial charge in [-0.05, 0) is 13.8 Å². The van der Waals surface area contributed by atoms with Gasteiger partial charge in [-0.15, -0.1) is 0 Å². The zero-order valence-electron chi connectivity index (χ0n) is 9.24. The van der Waals surface area contributed by atoms with Gasteiger partial charge in [0.05, 0.1) is 6.10 Å². The predicted octanol–water partition coefficient (Wildman–Crippen LogP) is -0.387. The predicted molar refractivity (Wildman–Crippen MR) is 54.5 cm³/mol. The van der Waals surface area contributed by atoms with E-state index in [0.717, 1.165) is 0 Å². The second-order valence-electron chi connectivity index (χ2n) is 4.24.